The zero-order chi connectivity index (χ0) is 22.6. The number of carbonyl (C=O) groups is 2. The Morgan fingerprint density at radius 2 is 2.13 bits per heavy atom. The smallest absolute Gasteiger partial charge is 0.408 e. The van der Waals surface area contributed by atoms with Gasteiger partial charge in [0.25, 0.3) is 0 Å². The maximum Gasteiger partial charge on any atom is 0.408 e. The van der Waals surface area contributed by atoms with E-state index in [1.807, 2.05) is 25.3 Å². The van der Waals surface area contributed by atoms with Crippen molar-refractivity contribution in [3.05, 3.63) is 47.6 Å². The molecule has 2 fully saturated rings. The van der Waals surface area contributed by atoms with E-state index in [1.54, 1.807) is 6.08 Å². The first-order valence-electron chi connectivity index (χ1n) is 10.7. The first-order chi connectivity index (χ1) is 14.8. The number of allylic oxidation sites excluding steroid dienone is 1. The minimum absolute atomic E-state index is 0.152. The van der Waals surface area contributed by atoms with Crippen LogP contribution < -0.4 is 5.32 Å². The molecule has 2 N–H and O–H groups in total. The molecule has 2 amide bonds. The molecule has 3 rings (SSSR count). The van der Waals surface area contributed by atoms with Gasteiger partial charge in [0.2, 0.25) is 5.91 Å². The molecule has 2 aliphatic rings. The average Bonchev–Trinajstić information content (AvgIpc) is 3.33. The van der Waals surface area contributed by atoms with Gasteiger partial charge in [-0.2, -0.15) is 0 Å². The number of halogens is 1. The fraction of sp³-hybridized carbons (Fsp3) is 0.522. The van der Waals surface area contributed by atoms with Crippen molar-refractivity contribution in [1.29, 1.82) is 0 Å². The van der Waals surface area contributed by atoms with Gasteiger partial charge < -0.3 is 15.3 Å². The molecule has 0 radical (unpaired) electrons. The van der Waals surface area contributed by atoms with Gasteiger partial charge in [-0.05, 0) is 67.7 Å². The van der Waals surface area contributed by atoms with E-state index in [1.165, 1.54) is 4.90 Å². The molecule has 0 aromatic carbocycles. The van der Waals surface area contributed by atoms with Gasteiger partial charge in [-0.15, -0.1) is 13.2 Å². The van der Waals surface area contributed by atoms with E-state index in [0.717, 1.165) is 44.2 Å². The van der Waals surface area contributed by atoms with Gasteiger partial charge in [-0.1, -0.05) is 24.6 Å². The molecule has 1 saturated heterocycles. The summed E-state index contributed by atoms with van der Waals surface area (Å²) in [7, 11) is 2.05. The second-order valence-corrected chi connectivity index (χ2v) is 9.39. The third-order valence-electron chi connectivity index (χ3n) is 6.33. The number of hydrogen-bond acceptors (Lipinski definition) is 4. The number of anilines is 1. The largest absolute Gasteiger partial charge is 0.465 e. The average molecular weight is 491 g/mol. The Morgan fingerprint density at radius 3 is 2.81 bits per heavy atom. The number of likely N-dealkylation sites (tertiary alicyclic amines) is 1. The zero-order valence-electron chi connectivity index (χ0n) is 18.0. The summed E-state index contributed by atoms with van der Waals surface area (Å²) in [5, 5.41) is 12.5. The Kier molecular flexibility index (Phi) is 7.54. The van der Waals surface area contributed by atoms with Gasteiger partial charge in [0.15, 0.2) is 0 Å². The maximum absolute atomic E-state index is 13.0. The van der Waals surface area contributed by atoms with Crippen LogP contribution in [0.3, 0.4) is 0 Å². The Labute approximate surface area is 192 Å². The van der Waals surface area contributed by atoms with Crippen LogP contribution in [0.15, 0.2) is 42.0 Å². The maximum atomic E-state index is 13.0. The first kappa shape index (κ1) is 23.5. The number of hydrogen-bond donors (Lipinski definition) is 2. The number of carboxylic acid groups (broad SMARTS) is 1. The summed E-state index contributed by atoms with van der Waals surface area (Å²) < 4.78 is 0.616. The van der Waals surface area contributed by atoms with E-state index in [0.29, 0.717) is 23.4 Å². The van der Waals surface area contributed by atoms with Crippen LogP contribution >= 0.6 is 15.9 Å². The minimum atomic E-state index is -1.06. The second-order valence-electron chi connectivity index (χ2n) is 8.57. The highest BCUT2D eigenvalue weighted by molar-refractivity contribution is 9.10. The number of amides is 2. The SMILES string of the molecule is C=CCCCCCN(C)Cc1ccc(Br)nc1NC(=O)C1CC2(C=C)CC2N1C(=O)O. The van der Waals surface area contributed by atoms with Crippen LogP contribution in [-0.2, 0) is 11.3 Å². The van der Waals surface area contributed by atoms with Crippen molar-refractivity contribution >= 4 is 33.7 Å². The van der Waals surface area contributed by atoms with Crippen LogP contribution in [0, 0.1) is 5.41 Å². The van der Waals surface area contributed by atoms with Crippen LogP contribution in [0.1, 0.15) is 44.1 Å². The Hall–Kier alpha value is -2.19. The predicted octanol–water partition coefficient (Wildman–Crippen LogP) is 4.66. The molecule has 8 heteroatoms. The molecule has 168 valence electrons. The molecule has 3 atom stereocenters. The number of piperidine rings is 1. The van der Waals surface area contributed by atoms with Crippen molar-refractivity contribution in [2.24, 2.45) is 5.41 Å². The summed E-state index contributed by atoms with van der Waals surface area (Å²) in [6, 6.07) is 2.91. The van der Waals surface area contributed by atoms with Gasteiger partial charge in [0.05, 0.1) is 0 Å². The van der Waals surface area contributed by atoms with Crippen LogP contribution in [0.4, 0.5) is 10.6 Å². The van der Waals surface area contributed by atoms with Crippen molar-refractivity contribution in [1.82, 2.24) is 14.8 Å². The molecule has 3 unspecified atom stereocenters. The molecule has 1 saturated carbocycles. The normalized spacial score (nSPS) is 24.0. The number of aromatic nitrogens is 1. The monoisotopic (exact) mass is 490 g/mol. The number of pyridine rings is 1. The van der Waals surface area contributed by atoms with Gasteiger partial charge in [-0.3, -0.25) is 9.69 Å². The Bertz CT molecular complexity index is 861. The highest BCUT2D eigenvalue weighted by Gasteiger charge is 2.66. The number of rotatable bonds is 11. The second kappa shape index (κ2) is 9.96. The quantitative estimate of drug-likeness (QED) is 0.267. The topological polar surface area (TPSA) is 85.8 Å². The molecule has 0 spiro atoms. The first-order valence-corrected chi connectivity index (χ1v) is 11.5. The van der Waals surface area contributed by atoms with Crippen LogP contribution in [0.2, 0.25) is 0 Å². The van der Waals surface area contributed by atoms with E-state index in [-0.39, 0.29) is 17.4 Å². The lowest BCUT2D eigenvalue weighted by molar-refractivity contribution is -0.120. The molecule has 31 heavy (non-hydrogen) atoms. The zero-order valence-corrected chi connectivity index (χ0v) is 19.6. The number of unbranched alkanes of at least 4 members (excludes halogenated alkanes) is 3. The highest BCUT2D eigenvalue weighted by atomic mass is 79.9. The van der Waals surface area contributed by atoms with Crippen LogP contribution in [0.5, 0.6) is 0 Å². The molecule has 1 aromatic heterocycles. The third kappa shape index (κ3) is 5.36. The van der Waals surface area contributed by atoms with E-state index in [9.17, 15) is 14.7 Å². The molecule has 1 aliphatic heterocycles. The number of fused-ring (bicyclic) bond motifs is 1. The molecule has 7 nitrogen and oxygen atoms in total. The predicted molar refractivity (Wildman–Crippen MR) is 125 cm³/mol. The van der Waals surface area contributed by atoms with Crippen LogP contribution in [-0.4, -0.2) is 57.6 Å². The third-order valence-corrected chi connectivity index (χ3v) is 6.77. The number of nitrogens with zero attached hydrogens (tertiary/aromatic N) is 3. The highest BCUT2D eigenvalue weighted by Crippen LogP contribution is 2.60. The van der Waals surface area contributed by atoms with E-state index >= 15 is 0 Å². The van der Waals surface area contributed by atoms with Gasteiger partial charge in [-0.25, -0.2) is 9.78 Å². The Balaban J connectivity index is 1.65. The minimum Gasteiger partial charge on any atom is -0.465 e. The van der Waals surface area contributed by atoms with Crippen molar-refractivity contribution in [3.8, 4) is 0 Å². The van der Waals surface area contributed by atoms with Crippen molar-refractivity contribution in [2.45, 2.75) is 57.2 Å². The lowest BCUT2D eigenvalue weighted by Crippen LogP contribution is -2.45. The van der Waals surface area contributed by atoms with Crippen LogP contribution in [0.25, 0.3) is 0 Å². The summed E-state index contributed by atoms with van der Waals surface area (Å²) in [6.45, 7) is 9.18. The van der Waals surface area contributed by atoms with Crippen molar-refractivity contribution in [3.63, 3.8) is 0 Å². The molecular formula is C23H31BrN4O3. The molecular weight excluding hydrogens is 460 g/mol. The summed E-state index contributed by atoms with van der Waals surface area (Å²) >= 11 is 3.37. The summed E-state index contributed by atoms with van der Waals surface area (Å²) in [6.07, 6.45) is 8.32. The lowest BCUT2D eigenvalue weighted by atomic mass is 9.99. The summed E-state index contributed by atoms with van der Waals surface area (Å²) in [4.78, 5) is 32.8. The number of nitrogens with one attached hydrogen (secondary N) is 1. The van der Waals surface area contributed by atoms with Crippen molar-refractivity contribution in [2.75, 3.05) is 18.9 Å². The fourth-order valence-electron chi connectivity index (χ4n) is 4.48. The molecule has 2 heterocycles. The van der Waals surface area contributed by atoms with Gasteiger partial charge >= 0.3 is 6.09 Å². The van der Waals surface area contributed by atoms with Crippen molar-refractivity contribution < 1.29 is 14.7 Å². The fourth-order valence-corrected chi connectivity index (χ4v) is 4.79. The van der Waals surface area contributed by atoms with Gasteiger partial charge in [0.1, 0.15) is 16.5 Å². The van der Waals surface area contributed by atoms with E-state index in [2.05, 4.69) is 44.3 Å². The molecule has 1 aromatic rings. The molecule has 0 bridgehead atoms. The van der Waals surface area contributed by atoms with E-state index < -0.39 is 12.1 Å². The summed E-state index contributed by atoms with van der Waals surface area (Å²) in [5.41, 5.74) is 0.633. The van der Waals surface area contributed by atoms with Gasteiger partial charge in [0, 0.05) is 23.6 Å². The molecule has 1 aliphatic carbocycles. The number of carbonyl (C=O) groups excluding carboxylic acids is 1. The standard InChI is InChI=1S/C23H31BrN4O3/c1-4-6-7-8-9-12-27(3)15-16-10-11-19(24)25-20(16)26-21(29)17-13-23(5-2)14-18(23)28(17)22(30)31/h4-5,10-11,17-18H,1-2,6-9,12-15H2,3H3,(H,30,31)(H,25,26,29). The Morgan fingerprint density at radius 1 is 1.35 bits per heavy atom. The summed E-state index contributed by atoms with van der Waals surface area (Å²) in [5.74, 6) is 0.131. The lowest BCUT2D eigenvalue weighted by Gasteiger charge is -2.24. The van der Waals surface area contributed by atoms with E-state index in [4.69, 9.17) is 0 Å².